The van der Waals surface area contributed by atoms with Crippen LogP contribution < -0.4 is 4.72 Å². The topological polar surface area (TPSA) is 92.7 Å². The van der Waals surface area contributed by atoms with Crippen LogP contribution in [0.2, 0.25) is 0 Å². The van der Waals surface area contributed by atoms with Gasteiger partial charge in [0.1, 0.15) is 5.54 Å². The Morgan fingerprint density at radius 3 is 2.65 bits per heavy atom. The van der Waals surface area contributed by atoms with Crippen molar-refractivity contribution in [3.63, 3.8) is 0 Å². The Bertz CT molecular complexity index is 434. The van der Waals surface area contributed by atoms with Crippen LogP contribution in [0, 0.1) is 5.92 Å². The summed E-state index contributed by atoms with van der Waals surface area (Å²) in [6.07, 6.45) is 2.29. The highest BCUT2D eigenvalue weighted by Gasteiger charge is 2.44. The summed E-state index contributed by atoms with van der Waals surface area (Å²) in [7, 11) is -3.66. The number of rotatable bonds is 7. The second-order valence-electron chi connectivity index (χ2n) is 5.93. The second-order valence-corrected chi connectivity index (χ2v) is 7.77. The van der Waals surface area contributed by atoms with Gasteiger partial charge in [-0.1, -0.05) is 19.8 Å². The van der Waals surface area contributed by atoms with Crippen LogP contribution in [0.25, 0.3) is 0 Å². The third kappa shape index (κ3) is 5.03. The molecule has 0 aromatic rings. The maximum Gasteiger partial charge on any atom is 0.324 e. The van der Waals surface area contributed by atoms with E-state index in [0.29, 0.717) is 12.8 Å². The maximum absolute atomic E-state index is 12.0. The van der Waals surface area contributed by atoms with Gasteiger partial charge in [-0.25, -0.2) is 8.42 Å². The monoisotopic (exact) mass is 307 g/mol. The van der Waals surface area contributed by atoms with Gasteiger partial charge in [-0.15, -0.1) is 0 Å². The van der Waals surface area contributed by atoms with E-state index in [-0.39, 0.29) is 24.4 Å². The quantitative estimate of drug-likeness (QED) is 0.741. The molecular weight excluding hydrogens is 282 g/mol. The standard InChI is InChI=1S/C13H25NO5S/c1-10(2)19-7-8-20(17,18)14-13(12(15)16)6-4-5-11(3)9-13/h10-11,14H,4-9H2,1-3H3,(H,15,16). The molecule has 6 nitrogen and oxygen atoms in total. The van der Waals surface area contributed by atoms with Gasteiger partial charge in [-0.2, -0.15) is 4.72 Å². The summed E-state index contributed by atoms with van der Waals surface area (Å²) in [5.41, 5.74) is -1.35. The van der Waals surface area contributed by atoms with Gasteiger partial charge in [0.15, 0.2) is 0 Å². The van der Waals surface area contributed by atoms with E-state index in [1.165, 1.54) is 0 Å². The van der Waals surface area contributed by atoms with Gasteiger partial charge in [0.25, 0.3) is 0 Å². The lowest BCUT2D eigenvalue weighted by Crippen LogP contribution is -2.57. The molecule has 7 heteroatoms. The lowest BCUT2D eigenvalue weighted by atomic mass is 9.77. The minimum atomic E-state index is -3.66. The predicted octanol–water partition coefficient (Wildman–Crippen LogP) is 1.36. The number of nitrogens with one attached hydrogen (secondary N) is 1. The van der Waals surface area contributed by atoms with Crippen LogP contribution in [0.5, 0.6) is 0 Å². The van der Waals surface area contributed by atoms with E-state index in [9.17, 15) is 18.3 Å². The molecule has 0 radical (unpaired) electrons. The molecule has 1 saturated carbocycles. The van der Waals surface area contributed by atoms with E-state index in [1.54, 1.807) is 0 Å². The van der Waals surface area contributed by atoms with Crippen molar-refractivity contribution in [3.05, 3.63) is 0 Å². The zero-order chi connectivity index (χ0) is 15.4. The number of ether oxygens (including phenoxy) is 1. The molecule has 1 aliphatic rings. The summed E-state index contributed by atoms with van der Waals surface area (Å²) in [6.45, 7) is 5.66. The van der Waals surface area contributed by atoms with Gasteiger partial charge in [0.2, 0.25) is 10.0 Å². The third-order valence-electron chi connectivity index (χ3n) is 3.56. The summed E-state index contributed by atoms with van der Waals surface area (Å²) < 4.78 is 31.7. The Hall–Kier alpha value is -0.660. The van der Waals surface area contributed by atoms with Crippen LogP contribution in [-0.2, 0) is 19.6 Å². The zero-order valence-electron chi connectivity index (χ0n) is 12.4. The van der Waals surface area contributed by atoms with Crippen molar-refractivity contribution in [2.24, 2.45) is 5.92 Å². The van der Waals surface area contributed by atoms with Crippen LogP contribution in [0.15, 0.2) is 0 Å². The number of carboxylic acid groups (broad SMARTS) is 1. The van der Waals surface area contributed by atoms with Crippen LogP contribution in [0.3, 0.4) is 0 Å². The highest BCUT2D eigenvalue weighted by Crippen LogP contribution is 2.33. The van der Waals surface area contributed by atoms with Gasteiger partial charge in [-0.05, 0) is 32.6 Å². The first-order chi connectivity index (χ1) is 9.17. The van der Waals surface area contributed by atoms with E-state index >= 15 is 0 Å². The number of carboxylic acids is 1. The first-order valence-electron chi connectivity index (χ1n) is 7.03. The molecule has 0 bridgehead atoms. The molecule has 0 saturated heterocycles. The molecule has 1 fully saturated rings. The summed E-state index contributed by atoms with van der Waals surface area (Å²) in [5, 5.41) is 9.43. The fourth-order valence-electron chi connectivity index (χ4n) is 2.62. The zero-order valence-corrected chi connectivity index (χ0v) is 13.2. The van der Waals surface area contributed by atoms with Crippen molar-refractivity contribution in [1.82, 2.24) is 4.72 Å². The van der Waals surface area contributed by atoms with Crippen LogP contribution in [0.1, 0.15) is 46.5 Å². The molecule has 0 amide bonds. The number of hydrogen-bond acceptors (Lipinski definition) is 4. The molecule has 118 valence electrons. The lowest BCUT2D eigenvalue weighted by Gasteiger charge is -2.36. The predicted molar refractivity (Wildman–Crippen MR) is 76.0 cm³/mol. The number of carbonyl (C=O) groups is 1. The minimum Gasteiger partial charge on any atom is -0.480 e. The van der Waals surface area contributed by atoms with Crippen molar-refractivity contribution in [1.29, 1.82) is 0 Å². The van der Waals surface area contributed by atoms with E-state index < -0.39 is 21.5 Å². The Morgan fingerprint density at radius 2 is 2.15 bits per heavy atom. The summed E-state index contributed by atoms with van der Waals surface area (Å²) in [5.74, 6) is -1.10. The van der Waals surface area contributed by atoms with Gasteiger partial charge < -0.3 is 9.84 Å². The van der Waals surface area contributed by atoms with E-state index in [1.807, 2.05) is 20.8 Å². The number of aliphatic carboxylic acids is 1. The van der Waals surface area contributed by atoms with E-state index in [2.05, 4.69) is 4.72 Å². The average molecular weight is 307 g/mol. The van der Waals surface area contributed by atoms with Gasteiger partial charge in [0, 0.05) is 0 Å². The molecule has 0 aromatic heterocycles. The fourth-order valence-corrected chi connectivity index (χ4v) is 3.91. The molecule has 1 rings (SSSR count). The first-order valence-corrected chi connectivity index (χ1v) is 8.69. The van der Waals surface area contributed by atoms with Crippen molar-refractivity contribution >= 4 is 16.0 Å². The Labute approximate surface area is 120 Å². The largest absolute Gasteiger partial charge is 0.480 e. The van der Waals surface area contributed by atoms with Crippen molar-refractivity contribution in [3.8, 4) is 0 Å². The average Bonchev–Trinajstić information content (AvgIpc) is 2.26. The SMILES string of the molecule is CC1CCCC(NS(=O)(=O)CCOC(C)C)(C(=O)O)C1. The summed E-state index contributed by atoms with van der Waals surface area (Å²) in [4.78, 5) is 11.5. The van der Waals surface area contributed by atoms with Crippen LogP contribution in [-0.4, -0.2) is 43.5 Å². The van der Waals surface area contributed by atoms with E-state index in [4.69, 9.17) is 4.74 Å². The van der Waals surface area contributed by atoms with Crippen molar-refractivity contribution in [2.45, 2.75) is 58.1 Å². The Balaban J connectivity index is 2.72. The molecular formula is C13H25NO5S. The minimum absolute atomic E-state index is 0.0478. The highest BCUT2D eigenvalue weighted by atomic mass is 32.2. The maximum atomic E-state index is 12.0. The molecule has 0 aromatic carbocycles. The molecule has 0 aliphatic heterocycles. The molecule has 2 N–H and O–H groups in total. The van der Waals surface area contributed by atoms with Crippen LogP contribution in [0.4, 0.5) is 0 Å². The third-order valence-corrected chi connectivity index (χ3v) is 4.97. The molecule has 0 spiro atoms. The number of sulfonamides is 1. The lowest BCUT2D eigenvalue weighted by molar-refractivity contribution is -0.146. The molecule has 20 heavy (non-hydrogen) atoms. The molecule has 2 atom stereocenters. The second kappa shape index (κ2) is 6.87. The fraction of sp³-hybridized carbons (Fsp3) is 0.923. The Morgan fingerprint density at radius 1 is 1.50 bits per heavy atom. The first kappa shape index (κ1) is 17.4. The van der Waals surface area contributed by atoms with E-state index in [0.717, 1.165) is 12.8 Å². The smallest absolute Gasteiger partial charge is 0.324 e. The Kier molecular flexibility index (Phi) is 5.97. The summed E-state index contributed by atoms with van der Waals surface area (Å²) in [6, 6.07) is 0. The van der Waals surface area contributed by atoms with Crippen molar-refractivity contribution in [2.75, 3.05) is 12.4 Å². The summed E-state index contributed by atoms with van der Waals surface area (Å²) >= 11 is 0. The van der Waals surface area contributed by atoms with Gasteiger partial charge >= 0.3 is 5.97 Å². The molecule has 1 aliphatic carbocycles. The molecule has 2 unspecified atom stereocenters. The number of hydrogen-bond donors (Lipinski definition) is 2. The van der Waals surface area contributed by atoms with Gasteiger partial charge in [0.05, 0.1) is 18.5 Å². The van der Waals surface area contributed by atoms with Gasteiger partial charge in [-0.3, -0.25) is 4.79 Å². The highest BCUT2D eigenvalue weighted by molar-refractivity contribution is 7.89. The molecule has 0 heterocycles. The van der Waals surface area contributed by atoms with Crippen LogP contribution >= 0.6 is 0 Å². The van der Waals surface area contributed by atoms with Crippen molar-refractivity contribution < 1.29 is 23.1 Å². The normalized spacial score (nSPS) is 27.7.